The van der Waals surface area contributed by atoms with E-state index < -0.39 is 22.3 Å². The van der Waals surface area contributed by atoms with Crippen LogP contribution >= 0.6 is 0 Å². The molecule has 8 nitrogen and oxygen atoms in total. The van der Waals surface area contributed by atoms with Crippen molar-refractivity contribution in [3.8, 4) is 11.4 Å². The second-order valence-corrected chi connectivity index (χ2v) is 5.17. The molecule has 0 saturated heterocycles. The van der Waals surface area contributed by atoms with E-state index in [0.717, 1.165) is 12.1 Å². The van der Waals surface area contributed by atoms with Gasteiger partial charge in [0.25, 0.3) is 5.91 Å². The highest BCUT2D eigenvalue weighted by Crippen LogP contribution is 2.22. The Labute approximate surface area is 147 Å². The highest BCUT2D eigenvalue weighted by molar-refractivity contribution is 5.93. The zero-order chi connectivity index (χ0) is 18.5. The average molecular weight is 356 g/mol. The zero-order valence-corrected chi connectivity index (χ0v) is 13.3. The summed E-state index contributed by atoms with van der Waals surface area (Å²) in [7, 11) is 0. The standard InChI is InChI=1S/C17H13FN4O4/c18-13-10-12(6-7-15(13)22(24)25)26-11-17(23)20-14-4-1-2-5-16(14)21-9-3-8-19-21/h1-10H,11H2,(H,20,23). The number of amides is 1. The smallest absolute Gasteiger partial charge is 0.305 e. The Balaban J connectivity index is 1.65. The lowest BCUT2D eigenvalue weighted by Crippen LogP contribution is -2.21. The quantitative estimate of drug-likeness (QED) is 0.541. The van der Waals surface area contributed by atoms with E-state index in [4.69, 9.17) is 4.74 Å². The first kappa shape index (κ1) is 17.1. The van der Waals surface area contributed by atoms with Crippen molar-refractivity contribution in [2.75, 3.05) is 11.9 Å². The Bertz CT molecular complexity index is 944. The Kier molecular flexibility index (Phi) is 4.88. The van der Waals surface area contributed by atoms with Crippen molar-refractivity contribution in [1.82, 2.24) is 9.78 Å². The van der Waals surface area contributed by atoms with Gasteiger partial charge in [-0.05, 0) is 24.3 Å². The molecule has 26 heavy (non-hydrogen) atoms. The number of nitrogens with one attached hydrogen (secondary N) is 1. The van der Waals surface area contributed by atoms with Crippen LogP contribution in [0.3, 0.4) is 0 Å². The van der Waals surface area contributed by atoms with Gasteiger partial charge >= 0.3 is 5.69 Å². The number of aromatic nitrogens is 2. The molecule has 0 bridgehead atoms. The van der Waals surface area contributed by atoms with Crippen molar-refractivity contribution in [3.63, 3.8) is 0 Å². The van der Waals surface area contributed by atoms with E-state index in [0.29, 0.717) is 11.4 Å². The Hall–Kier alpha value is -3.75. The molecule has 0 atom stereocenters. The van der Waals surface area contributed by atoms with Gasteiger partial charge in [0.2, 0.25) is 5.82 Å². The largest absolute Gasteiger partial charge is 0.484 e. The number of halogens is 1. The number of hydrogen-bond donors (Lipinski definition) is 1. The lowest BCUT2D eigenvalue weighted by atomic mass is 10.2. The van der Waals surface area contributed by atoms with Crippen LogP contribution in [0, 0.1) is 15.9 Å². The normalized spacial score (nSPS) is 10.3. The third-order valence-electron chi connectivity index (χ3n) is 3.42. The SMILES string of the molecule is O=C(COc1ccc([N+](=O)[O-])c(F)c1)Nc1ccccc1-n1cccn1. The average Bonchev–Trinajstić information content (AvgIpc) is 3.14. The summed E-state index contributed by atoms with van der Waals surface area (Å²) in [4.78, 5) is 21.8. The van der Waals surface area contributed by atoms with Crippen LogP contribution in [0.5, 0.6) is 5.75 Å². The van der Waals surface area contributed by atoms with Crippen LogP contribution in [0.2, 0.25) is 0 Å². The van der Waals surface area contributed by atoms with Crippen LogP contribution in [-0.4, -0.2) is 27.2 Å². The summed E-state index contributed by atoms with van der Waals surface area (Å²) < 4.78 is 20.3. The molecule has 1 aromatic heterocycles. The van der Waals surface area contributed by atoms with Crippen molar-refractivity contribution in [1.29, 1.82) is 0 Å². The minimum Gasteiger partial charge on any atom is -0.484 e. The van der Waals surface area contributed by atoms with Gasteiger partial charge in [-0.15, -0.1) is 0 Å². The molecule has 0 spiro atoms. The topological polar surface area (TPSA) is 99.3 Å². The maximum Gasteiger partial charge on any atom is 0.305 e. The molecular weight excluding hydrogens is 343 g/mol. The lowest BCUT2D eigenvalue weighted by molar-refractivity contribution is -0.387. The van der Waals surface area contributed by atoms with Gasteiger partial charge in [-0.1, -0.05) is 12.1 Å². The molecule has 0 unspecified atom stereocenters. The maximum absolute atomic E-state index is 13.6. The van der Waals surface area contributed by atoms with E-state index >= 15 is 0 Å². The molecule has 9 heteroatoms. The molecule has 0 aliphatic carbocycles. The van der Waals surface area contributed by atoms with Crippen molar-refractivity contribution >= 4 is 17.3 Å². The highest BCUT2D eigenvalue weighted by Gasteiger charge is 2.15. The summed E-state index contributed by atoms with van der Waals surface area (Å²) >= 11 is 0. The summed E-state index contributed by atoms with van der Waals surface area (Å²) in [5.74, 6) is -1.48. The lowest BCUT2D eigenvalue weighted by Gasteiger charge is -2.11. The zero-order valence-electron chi connectivity index (χ0n) is 13.3. The number of nitro benzene ring substituents is 1. The van der Waals surface area contributed by atoms with Crippen LogP contribution in [0.4, 0.5) is 15.8 Å². The van der Waals surface area contributed by atoms with Gasteiger partial charge in [-0.25, -0.2) is 4.68 Å². The minimum atomic E-state index is -1.03. The second-order valence-electron chi connectivity index (χ2n) is 5.17. The molecule has 1 N–H and O–H groups in total. The third-order valence-corrected chi connectivity index (χ3v) is 3.42. The molecule has 0 saturated carbocycles. The van der Waals surface area contributed by atoms with E-state index in [1.54, 1.807) is 41.3 Å². The van der Waals surface area contributed by atoms with E-state index in [1.165, 1.54) is 6.07 Å². The van der Waals surface area contributed by atoms with Gasteiger partial charge in [-0.3, -0.25) is 14.9 Å². The fraction of sp³-hybridized carbons (Fsp3) is 0.0588. The van der Waals surface area contributed by atoms with Gasteiger partial charge in [-0.2, -0.15) is 9.49 Å². The molecule has 3 rings (SSSR count). The van der Waals surface area contributed by atoms with E-state index in [2.05, 4.69) is 10.4 Å². The Morgan fingerprint density at radius 1 is 1.27 bits per heavy atom. The summed E-state index contributed by atoms with van der Waals surface area (Å²) in [6, 6.07) is 11.9. The molecule has 0 aliphatic rings. The fourth-order valence-corrected chi connectivity index (χ4v) is 2.25. The van der Waals surface area contributed by atoms with E-state index in [-0.39, 0.29) is 12.4 Å². The number of nitro groups is 1. The fourth-order valence-electron chi connectivity index (χ4n) is 2.25. The predicted molar refractivity (Wildman–Crippen MR) is 90.7 cm³/mol. The number of para-hydroxylation sites is 2. The van der Waals surface area contributed by atoms with Gasteiger partial charge in [0.1, 0.15) is 5.75 Å². The van der Waals surface area contributed by atoms with Crippen LogP contribution in [-0.2, 0) is 4.79 Å². The molecule has 0 radical (unpaired) electrons. The molecule has 132 valence electrons. The second kappa shape index (κ2) is 7.43. The van der Waals surface area contributed by atoms with E-state index in [9.17, 15) is 19.3 Å². The third kappa shape index (κ3) is 3.83. The van der Waals surface area contributed by atoms with Gasteiger partial charge < -0.3 is 10.1 Å². The van der Waals surface area contributed by atoms with Crippen LogP contribution < -0.4 is 10.1 Å². The Morgan fingerprint density at radius 3 is 2.77 bits per heavy atom. The van der Waals surface area contributed by atoms with Crippen molar-refractivity contribution in [2.45, 2.75) is 0 Å². The first-order valence-electron chi connectivity index (χ1n) is 7.50. The first-order valence-corrected chi connectivity index (χ1v) is 7.50. The molecule has 3 aromatic rings. The van der Waals surface area contributed by atoms with Gasteiger partial charge in [0.05, 0.1) is 16.3 Å². The van der Waals surface area contributed by atoms with Crippen molar-refractivity contribution in [2.24, 2.45) is 0 Å². The van der Waals surface area contributed by atoms with Gasteiger partial charge in [0, 0.05) is 24.5 Å². The summed E-state index contributed by atoms with van der Waals surface area (Å²) in [5.41, 5.74) is 0.543. The Morgan fingerprint density at radius 2 is 2.08 bits per heavy atom. The first-order chi connectivity index (χ1) is 12.5. The number of benzene rings is 2. The summed E-state index contributed by atoms with van der Waals surface area (Å²) in [6.45, 7) is -0.384. The number of hydrogen-bond acceptors (Lipinski definition) is 5. The van der Waals surface area contributed by atoms with Crippen LogP contribution in [0.25, 0.3) is 5.69 Å². The van der Waals surface area contributed by atoms with Crippen LogP contribution in [0.1, 0.15) is 0 Å². The van der Waals surface area contributed by atoms with Gasteiger partial charge in [0.15, 0.2) is 6.61 Å². The molecule has 0 aliphatic heterocycles. The van der Waals surface area contributed by atoms with Crippen molar-refractivity contribution in [3.05, 3.63) is 76.9 Å². The number of rotatable bonds is 6. The molecular formula is C17H13FN4O4. The number of carbonyl (C=O) groups excluding carboxylic acids is 1. The molecule has 0 fully saturated rings. The summed E-state index contributed by atoms with van der Waals surface area (Å²) in [6.07, 6.45) is 3.35. The molecule has 2 aromatic carbocycles. The predicted octanol–water partition coefficient (Wildman–Crippen LogP) is 2.94. The van der Waals surface area contributed by atoms with E-state index in [1.807, 2.05) is 6.07 Å². The molecule has 1 heterocycles. The monoisotopic (exact) mass is 356 g/mol. The number of anilines is 1. The number of nitrogens with zero attached hydrogens (tertiary/aromatic N) is 3. The maximum atomic E-state index is 13.6. The van der Waals surface area contributed by atoms with Crippen molar-refractivity contribution < 1.29 is 18.8 Å². The number of ether oxygens (including phenoxy) is 1. The number of carbonyl (C=O) groups is 1. The van der Waals surface area contributed by atoms with Crippen LogP contribution in [0.15, 0.2) is 60.9 Å². The summed E-state index contributed by atoms with van der Waals surface area (Å²) in [5, 5.41) is 17.4. The molecule has 1 amide bonds. The minimum absolute atomic E-state index is 0.0172. The highest BCUT2D eigenvalue weighted by atomic mass is 19.1.